The fraction of sp³-hybridized carbons (Fsp3) is 0.333. The van der Waals surface area contributed by atoms with Gasteiger partial charge < -0.3 is 4.90 Å². The number of halogens is 1. The molecule has 0 N–H and O–H groups in total. The molecule has 0 aromatic carbocycles. The van der Waals surface area contributed by atoms with E-state index in [0.29, 0.717) is 0 Å². The van der Waals surface area contributed by atoms with E-state index >= 15 is 0 Å². The number of rotatable bonds is 4. The topological polar surface area (TPSA) is 29.0 Å². The average Bonchev–Trinajstić information content (AvgIpc) is 2.28. The minimum atomic E-state index is 0.939. The Labute approximate surface area is 114 Å². The van der Waals surface area contributed by atoms with Gasteiger partial charge in [-0.3, -0.25) is 9.97 Å². The van der Waals surface area contributed by atoms with Gasteiger partial charge in [0.1, 0.15) is 5.52 Å². The first kappa shape index (κ1) is 12.8. The number of hydrogen-bond acceptors (Lipinski definition) is 4. The Kier molecular flexibility index (Phi) is 4.36. The monoisotopic (exact) mass is 311 g/mol. The molecule has 0 spiro atoms. The van der Waals surface area contributed by atoms with Crippen LogP contribution >= 0.6 is 27.7 Å². The highest BCUT2D eigenvalue weighted by atomic mass is 79.9. The molecule has 0 bridgehead atoms. The van der Waals surface area contributed by atoms with Gasteiger partial charge in [-0.1, -0.05) is 0 Å². The van der Waals surface area contributed by atoms with Crippen molar-refractivity contribution in [3.8, 4) is 0 Å². The highest BCUT2D eigenvalue weighted by Crippen LogP contribution is 2.26. The summed E-state index contributed by atoms with van der Waals surface area (Å²) in [4.78, 5) is 12.1. The quantitative estimate of drug-likeness (QED) is 0.812. The lowest BCUT2D eigenvalue weighted by Crippen LogP contribution is -2.14. The maximum atomic E-state index is 4.43. The molecule has 2 aromatic rings. The van der Waals surface area contributed by atoms with Crippen LogP contribution in [0.2, 0.25) is 0 Å². The van der Waals surface area contributed by atoms with E-state index in [0.717, 1.165) is 27.8 Å². The smallest absolute Gasteiger partial charge is 0.102 e. The van der Waals surface area contributed by atoms with E-state index in [1.165, 1.54) is 4.90 Å². The maximum absolute atomic E-state index is 4.43. The number of aromatic nitrogens is 2. The van der Waals surface area contributed by atoms with Crippen LogP contribution in [-0.2, 0) is 0 Å². The van der Waals surface area contributed by atoms with Crippen molar-refractivity contribution in [1.29, 1.82) is 0 Å². The van der Waals surface area contributed by atoms with Crippen molar-refractivity contribution >= 4 is 38.7 Å². The summed E-state index contributed by atoms with van der Waals surface area (Å²) in [6.45, 7) is 1.06. The van der Waals surface area contributed by atoms with Crippen LogP contribution in [0.15, 0.2) is 33.9 Å². The summed E-state index contributed by atoms with van der Waals surface area (Å²) in [5, 5.41) is 0. The molecule has 17 heavy (non-hydrogen) atoms. The van der Waals surface area contributed by atoms with E-state index in [-0.39, 0.29) is 0 Å². The van der Waals surface area contributed by atoms with E-state index in [9.17, 15) is 0 Å². The molecule has 0 atom stereocenters. The van der Waals surface area contributed by atoms with Gasteiger partial charge in [0.15, 0.2) is 0 Å². The fourth-order valence-corrected chi connectivity index (χ4v) is 2.88. The third-order valence-corrected chi connectivity index (χ3v) is 3.76. The molecule has 2 rings (SSSR count). The fourth-order valence-electron chi connectivity index (χ4n) is 1.44. The van der Waals surface area contributed by atoms with Crippen LogP contribution in [0.3, 0.4) is 0 Å². The Hall–Kier alpha value is -0.650. The number of thioether (sulfide) groups is 1. The molecule has 90 valence electrons. The van der Waals surface area contributed by atoms with Gasteiger partial charge in [-0.25, -0.2) is 0 Å². The normalized spacial score (nSPS) is 11.3. The van der Waals surface area contributed by atoms with E-state index in [1.807, 2.05) is 36.3 Å². The van der Waals surface area contributed by atoms with E-state index in [2.05, 4.69) is 44.9 Å². The number of hydrogen-bond donors (Lipinski definition) is 0. The van der Waals surface area contributed by atoms with Crippen molar-refractivity contribution in [2.45, 2.75) is 4.90 Å². The molecule has 2 heterocycles. The summed E-state index contributed by atoms with van der Waals surface area (Å²) in [7, 11) is 4.17. The lowest BCUT2D eigenvalue weighted by molar-refractivity contribution is 0.437. The predicted molar refractivity (Wildman–Crippen MR) is 76.5 cm³/mol. The molecule has 0 amide bonds. The average molecular weight is 312 g/mol. The van der Waals surface area contributed by atoms with Crippen molar-refractivity contribution in [3.63, 3.8) is 0 Å². The molecule has 0 fully saturated rings. The summed E-state index contributed by atoms with van der Waals surface area (Å²) < 4.78 is 0.966. The minimum Gasteiger partial charge on any atom is -0.309 e. The highest BCUT2D eigenvalue weighted by molar-refractivity contribution is 9.10. The van der Waals surface area contributed by atoms with E-state index in [4.69, 9.17) is 0 Å². The van der Waals surface area contributed by atoms with E-state index < -0.39 is 0 Å². The van der Waals surface area contributed by atoms with Crippen LogP contribution in [0.1, 0.15) is 0 Å². The molecular weight excluding hydrogens is 298 g/mol. The molecule has 2 aromatic heterocycles. The Bertz CT molecular complexity index is 516. The SMILES string of the molecule is CN(C)CCSc1ccnc2cc(Br)cnc12. The van der Waals surface area contributed by atoms with Gasteiger partial charge >= 0.3 is 0 Å². The van der Waals surface area contributed by atoms with Crippen LogP contribution in [0.5, 0.6) is 0 Å². The van der Waals surface area contributed by atoms with Gasteiger partial charge in [-0.2, -0.15) is 0 Å². The van der Waals surface area contributed by atoms with Gasteiger partial charge in [0, 0.05) is 34.1 Å². The van der Waals surface area contributed by atoms with Gasteiger partial charge in [0.05, 0.1) is 5.52 Å². The Balaban J connectivity index is 2.22. The van der Waals surface area contributed by atoms with Gasteiger partial charge in [-0.05, 0) is 42.2 Å². The standard InChI is InChI=1S/C12H14BrN3S/c1-16(2)5-6-17-11-3-4-14-10-7-9(13)8-15-12(10)11/h3-4,7-8H,5-6H2,1-2H3. The first-order valence-electron chi connectivity index (χ1n) is 5.34. The molecule has 0 aliphatic carbocycles. The first-order chi connectivity index (χ1) is 8.16. The van der Waals surface area contributed by atoms with Gasteiger partial charge in [0.2, 0.25) is 0 Å². The number of fused-ring (bicyclic) bond motifs is 1. The van der Waals surface area contributed by atoms with Crippen LogP contribution in [0.4, 0.5) is 0 Å². The molecule has 0 aliphatic rings. The predicted octanol–water partition coefficient (Wildman–Crippen LogP) is 3.05. The van der Waals surface area contributed by atoms with Crippen LogP contribution in [0.25, 0.3) is 11.0 Å². The third kappa shape index (κ3) is 3.40. The molecule has 0 saturated heterocycles. The zero-order valence-electron chi connectivity index (χ0n) is 9.85. The van der Waals surface area contributed by atoms with Crippen molar-refractivity contribution in [2.75, 3.05) is 26.4 Å². The Morgan fingerprint density at radius 1 is 1.35 bits per heavy atom. The Morgan fingerprint density at radius 2 is 2.18 bits per heavy atom. The molecule has 0 saturated carbocycles. The number of nitrogens with zero attached hydrogens (tertiary/aromatic N) is 3. The van der Waals surface area contributed by atoms with Crippen LogP contribution < -0.4 is 0 Å². The zero-order chi connectivity index (χ0) is 12.3. The van der Waals surface area contributed by atoms with Gasteiger partial charge in [-0.15, -0.1) is 11.8 Å². The second kappa shape index (κ2) is 5.80. The zero-order valence-corrected chi connectivity index (χ0v) is 12.3. The first-order valence-corrected chi connectivity index (χ1v) is 7.12. The maximum Gasteiger partial charge on any atom is 0.102 e. The second-order valence-corrected chi connectivity index (χ2v) is 6.03. The largest absolute Gasteiger partial charge is 0.309 e. The molecule has 0 aliphatic heterocycles. The molecule has 3 nitrogen and oxygen atoms in total. The molecular formula is C12H14BrN3S. The third-order valence-electron chi connectivity index (χ3n) is 2.30. The van der Waals surface area contributed by atoms with Crippen LogP contribution in [0, 0.1) is 0 Å². The van der Waals surface area contributed by atoms with Gasteiger partial charge in [0.25, 0.3) is 0 Å². The summed E-state index contributed by atoms with van der Waals surface area (Å²) in [5.41, 5.74) is 1.92. The summed E-state index contributed by atoms with van der Waals surface area (Å²) in [5.74, 6) is 1.06. The van der Waals surface area contributed by atoms with E-state index in [1.54, 1.807) is 0 Å². The highest BCUT2D eigenvalue weighted by Gasteiger charge is 2.04. The van der Waals surface area contributed by atoms with Crippen molar-refractivity contribution in [2.24, 2.45) is 0 Å². The van der Waals surface area contributed by atoms with Crippen molar-refractivity contribution in [1.82, 2.24) is 14.9 Å². The summed E-state index contributed by atoms with van der Waals surface area (Å²) >= 11 is 5.24. The molecule has 0 unspecified atom stereocenters. The molecule has 5 heteroatoms. The number of pyridine rings is 2. The molecule has 0 radical (unpaired) electrons. The lowest BCUT2D eigenvalue weighted by atomic mass is 10.3. The summed E-state index contributed by atoms with van der Waals surface area (Å²) in [6.07, 6.45) is 3.66. The lowest BCUT2D eigenvalue weighted by Gasteiger charge is -2.09. The van der Waals surface area contributed by atoms with Crippen molar-refractivity contribution in [3.05, 3.63) is 29.0 Å². The van der Waals surface area contributed by atoms with Crippen molar-refractivity contribution < 1.29 is 0 Å². The van der Waals surface area contributed by atoms with Crippen LogP contribution in [-0.4, -0.2) is 41.3 Å². The summed E-state index contributed by atoms with van der Waals surface area (Å²) in [6, 6.07) is 4.03. The second-order valence-electron chi connectivity index (χ2n) is 3.98. The Morgan fingerprint density at radius 3 is 2.94 bits per heavy atom. The minimum absolute atomic E-state index is 0.939.